The molecule has 4 rings (SSSR count). The molecule has 1 aliphatic heterocycles. The van der Waals surface area contributed by atoms with E-state index < -0.39 is 0 Å². The zero-order valence-corrected chi connectivity index (χ0v) is 15.1. The molecule has 1 N–H and O–H groups in total. The molecule has 1 aliphatic rings. The summed E-state index contributed by atoms with van der Waals surface area (Å²) in [6.07, 6.45) is 1.04. The number of aromatic nitrogens is 2. The van der Waals surface area contributed by atoms with Gasteiger partial charge in [0.15, 0.2) is 0 Å². The van der Waals surface area contributed by atoms with E-state index >= 15 is 0 Å². The van der Waals surface area contributed by atoms with Crippen molar-refractivity contribution in [1.82, 2.24) is 9.97 Å². The van der Waals surface area contributed by atoms with Gasteiger partial charge in [-0.3, -0.25) is 0 Å². The average Bonchev–Trinajstić information content (AvgIpc) is 2.68. The molecule has 0 fully saturated rings. The third-order valence-electron chi connectivity index (χ3n) is 4.64. The molecule has 2 heterocycles. The lowest BCUT2D eigenvalue weighted by molar-refractivity contribution is 0.415. The number of methoxy groups -OCH3 is 1. The number of aryl methyl sites for hydroxylation is 1. The smallest absolute Gasteiger partial charge is 0.229 e. The van der Waals surface area contributed by atoms with Crippen molar-refractivity contribution in [2.75, 3.05) is 23.9 Å². The lowest BCUT2D eigenvalue weighted by atomic mass is 10.00. The van der Waals surface area contributed by atoms with Crippen molar-refractivity contribution in [2.24, 2.45) is 0 Å². The fourth-order valence-corrected chi connectivity index (χ4v) is 3.26. The fraction of sp³-hybridized carbons (Fsp3) is 0.238. The highest BCUT2D eigenvalue weighted by atomic mass is 16.5. The Hall–Kier alpha value is -3.08. The molecule has 1 aromatic heterocycles. The number of anilines is 3. The zero-order valence-electron chi connectivity index (χ0n) is 15.1. The Balaban J connectivity index is 1.56. The van der Waals surface area contributed by atoms with Crippen molar-refractivity contribution < 1.29 is 4.74 Å². The third-order valence-corrected chi connectivity index (χ3v) is 4.64. The summed E-state index contributed by atoms with van der Waals surface area (Å²) < 4.78 is 5.20. The van der Waals surface area contributed by atoms with Crippen molar-refractivity contribution in [2.45, 2.75) is 19.9 Å². The Bertz CT molecular complexity index is 908. The van der Waals surface area contributed by atoms with Gasteiger partial charge in [0.1, 0.15) is 11.6 Å². The van der Waals surface area contributed by atoms with Crippen LogP contribution in [0.25, 0.3) is 0 Å². The molecular formula is C21H22N4O. The summed E-state index contributed by atoms with van der Waals surface area (Å²) in [6, 6.07) is 18.4. The van der Waals surface area contributed by atoms with Gasteiger partial charge in [-0.1, -0.05) is 24.3 Å². The summed E-state index contributed by atoms with van der Waals surface area (Å²) in [5.41, 5.74) is 4.70. The first-order chi connectivity index (χ1) is 12.7. The van der Waals surface area contributed by atoms with E-state index in [2.05, 4.69) is 39.5 Å². The van der Waals surface area contributed by atoms with Gasteiger partial charge in [0.05, 0.1) is 7.11 Å². The zero-order chi connectivity index (χ0) is 17.9. The summed E-state index contributed by atoms with van der Waals surface area (Å²) in [6.45, 7) is 3.85. The minimum absolute atomic E-state index is 0.615. The van der Waals surface area contributed by atoms with E-state index in [4.69, 9.17) is 9.72 Å². The molecule has 5 nitrogen and oxygen atoms in total. The van der Waals surface area contributed by atoms with E-state index in [0.29, 0.717) is 5.95 Å². The summed E-state index contributed by atoms with van der Waals surface area (Å²) in [5.74, 6) is 2.40. The number of nitrogens with zero attached hydrogens (tertiary/aromatic N) is 3. The molecular weight excluding hydrogens is 324 g/mol. The normalized spacial score (nSPS) is 13.2. The highest BCUT2D eigenvalue weighted by Gasteiger charge is 2.18. The molecule has 0 atom stereocenters. The van der Waals surface area contributed by atoms with Gasteiger partial charge in [-0.25, -0.2) is 4.98 Å². The number of ether oxygens (including phenoxy) is 1. The summed E-state index contributed by atoms with van der Waals surface area (Å²) in [5, 5.41) is 3.29. The van der Waals surface area contributed by atoms with Crippen LogP contribution in [0.15, 0.2) is 54.6 Å². The van der Waals surface area contributed by atoms with Gasteiger partial charge in [-0.2, -0.15) is 4.98 Å². The van der Waals surface area contributed by atoms with Crippen LogP contribution in [-0.2, 0) is 13.0 Å². The topological polar surface area (TPSA) is 50.3 Å². The second-order valence-electron chi connectivity index (χ2n) is 6.48. The SMILES string of the molecule is COc1ccc(Nc2nc(C)cc(N3CCc4ccccc4C3)n2)cc1. The van der Waals surface area contributed by atoms with Crippen LogP contribution in [0.5, 0.6) is 5.75 Å². The van der Waals surface area contributed by atoms with Gasteiger partial charge in [-0.15, -0.1) is 0 Å². The van der Waals surface area contributed by atoms with Crippen molar-refractivity contribution in [1.29, 1.82) is 0 Å². The van der Waals surface area contributed by atoms with E-state index in [9.17, 15) is 0 Å². The Kier molecular flexibility index (Phi) is 4.44. The van der Waals surface area contributed by atoms with Crippen molar-refractivity contribution in [3.63, 3.8) is 0 Å². The van der Waals surface area contributed by atoms with Crippen LogP contribution in [0, 0.1) is 6.92 Å². The molecule has 0 radical (unpaired) electrons. The lowest BCUT2D eigenvalue weighted by Crippen LogP contribution is -2.31. The number of hydrogen-bond donors (Lipinski definition) is 1. The van der Waals surface area contributed by atoms with E-state index in [1.807, 2.05) is 37.3 Å². The predicted molar refractivity (Wildman–Crippen MR) is 104 cm³/mol. The van der Waals surface area contributed by atoms with Gasteiger partial charge in [0.25, 0.3) is 0 Å². The van der Waals surface area contributed by atoms with E-state index in [1.54, 1.807) is 7.11 Å². The molecule has 132 valence electrons. The molecule has 0 saturated carbocycles. The molecule has 0 saturated heterocycles. The molecule has 0 spiro atoms. The predicted octanol–water partition coefficient (Wildman–Crippen LogP) is 4.10. The van der Waals surface area contributed by atoms with Crippen LogP contribution in [0.4, 0.5) is 17.5 Å². The van der Waals surface area contributed by atoms with Crippen LogP contribution in [-0.4, -0.2) is 23.6 Å². The minimum Gasteiger partial charge on any atom is -0.497 e. The molecule has 0 unspecified atom stereocenters. The molecule has 26 heavy (non-hydrogen) atoms. The first kappa shape index (κ1) is 16.4. The summed E-state index contributed by atoms with van der Waals surface area (Å²) >= 11 is 0. The second-order valence-corrected chi connectivity index (χ2v) is 6.48. The number of nitrogens with one attached hydrogen (secondary N) is 1. The minimum atomic E-state index is 0.615. The van der Waals surface area contributed by atoms with Gasteiger partial charge in [0.2, 0.25) is 5.95 Å². The lowest BCUT2D eigenvalue weighted by Gasteiger charge is -2.30. The molecule has 0 amide bonds. The number of benzene rings is 2. The molecule has 0 aliphatic carbocycles. The highest BCUT2D eigenvalue weighted by Crippen LogP contribution is 2.25. The van der Waals surface area contributed by atoms with Crippen LogP contribution in [0.1, 0.15) is 16.8 Å². The van der Waals surface area contributed by atoms with E-state index in [0.717, 1.165) is 42.5 Å². The van der Waals surface area contributed by atoms with Crippen molar-refractivity contribution in [3.8, 4) is 5.75 Å². The maximum Gasteiger partial charge on any atom is 0.229 e. The molecule has 3 aromatic rings. The second kappa shape index (κ2) is 7.04. The van der Waals surface area contributed by atoms with Gasteiger partial charge in [-0.05, 0) is 48.7 Å². The molecule has 0 bridgehead atoms. The largest absolute Gasteiger partial charge is 0.497 e. The van der Waals surface area contributed by atoms with Crippen LogP contribution in [0.3, 0.4) is 0 Å². The third kappa shape index (κ3) is 3.47. The molecule has 2 aromatic carbocycles. The Labute approximate surface area is 153 Å². The maximum atomic E-state index is 5.20. The monoisotopic (exact) mass is 346 g/mol. The Morgan fingerprint density at radius 3 is 2.54 bits per heavy atom. The number of fused-ring (bicyclic) bond motifs is 1. The number of rotatable bonds is 4. The summed E-state index contributed by atoms with van der Waals surface area (Å²) in [7, 11) is 1.66. The Morgan fingerprint density at radius 2 is 1.77 bits per heavy atom. The number of hydrogen-bond acceptors (Lipinski definition) is 5. The summed E-state index contributed by atoms with van der Waals surface area (Å²) in [4.78, 5) is 11.6. The van der Waals surface area contributed by atoms with Crippen LogP contribution < -0.4 is 15.0 Å². The Morgan fingerprint density at radius 1 is 1.00 bits per heavy atom. The van der Waals surface area contributed by atoms with Crippen molar-refractivity contribution in [3.05, 3.63) is 71.4 Å². The average molecular weight is 346 g/mol. The highest BCUT2D eigenvalue weighted by molar-refractivity contribution is 5.57. The first-order valence-corrected chi connectivity index (χ1v) is 8.80. The standard InChI is InChI=1S/C21H22N4O/c1-15-13-20(25-12-11-16-5-3-4-6-17(16)14-25)24-21(22-15)23-18-7-9-19(26-2)10-8-18/h3-10,13H,11-12,14H2,1-2H3,(H,22,23,24). The van der Waals surface area contributed by atoms with Crippen LogP contribution in [0.2, 0.25) is 0 Å². The quantitative estimate of drug-likeness (QED) is 0.771. The van der Waals surface area contributed by atoms with Crippen molar-refractivity contribution >= 4 is 17.5 Å². The van der Waals surface area contributed by atoms with Gasteiger partial charge >= 0.3 is 0 Å². The van der Waals surface area contributed by atoms with E-state index in [-0.39, 0.29) is 0 Å². The fourth-order valence-electron chi connectivity index (χ4n) is 3.26. The van der Waals surface area contributed by atoms with Crippen LogP contribution >= 0.6 is 0 Å². The molecule has 5 heteroatoms. The maximum absolute atomic E-state index is 5.20. The first-order valence-electron chi connectivity index (χ1n) is 8.80. The van der Waals surface area contributed by atoms with Gasteiger partial charge < -0.3 is 15.0 Å². The van der Waals surface area contributed by atoms with E-state index in [1.165, 1.54) is 11.1 Å². The van der Waals surface area contributed by atoms with Gasteiger partial charge in [0, 0.05) is 30.5 Å².